The number of carboxylic acids is 1. The van der Waals surface area contributed by atoms with Crippen LogP contribution < -0.4 is 21.1 Å². The van der Waals surface area contributed by atoms with Crippen LogP contribution in [0.1, 0.15) is 85.1 Å². The molecule has 55 heavy (non-hydrogen) atoms. The summed E-state index contributed by atoms with van der Waals surface area (Å²) in [4.78, 5) is 55.8. The number of rotatable bonds is 20. The SMILES string of the molecule is CCC(=O)OC(CC(C)C)C(=O)O.CCCNC(=O)CNC(=O)/C=C/CCC(C)C(O)CC1=CC=C(COC(=O)CN)CC=C1.COc1ccc(C)cc1Cl. The third kappa shape index (κ3) is 25.3. The molecule has 1 aliphatic carbocycles. The average molecular weight is 792 g/mol. The number of carboxylic acid groups (broad SMARTS) is 1. The van der Waals surface area contributed by atoms with Gasteiger partial charge in [0.2, 0.25) is 11.8 Å². The molecule has 6 N–H and O–H groups in total. The second kappa shape index (κ2) is 29.8. The fraction of sp³-hybridized carbons (Fsp3) is 0.537. The van der Waals surface area contributed by atoms with Crippen LogP contribution in [0.15, 0.2) is 65.8 Å². The number of ether oxygens (including phenoxy) is 3. The molecule has 1 aromatic carbocycles. The average Bonchev–Trinajstić information content (AvgIpc) is 3.38. The molecule has 1 aromatic rings. The molecule has 13 nitrogen and oxygen atoms in total. The van der Waals surface area contributed by atoms with Gasteiger partial charge < -0.3 is 40.8 Å². The Labute approximate surface area is 331 Å². The number of hydrogen-bond donors (Lipinski definition) is 5. The van der Waals surface area contributed by atoms with Gasteiger partial charge in [0.25, 0.3) is 0 Å². The van der Waals surface area contributed by atoms with E-state index in [0.29, 0.717) is 37.3 Å². The number of aliphatic carboxylic acids is 1. The maximum absolute atomic E-state index is 11.7. The summed E-state index contributed by atoms with van der Waals surface area (Å²) in [6, 6.07) is 5.70. The van der Waals surface area contributed by atoms with Crippen molar-refractivity contribution in [2.45, 2.75) is 98.7 Å². The summed E-state index contributed by atoms with van der Waals surface area (Å²) in [5, 5.41) is 25.1. The summed E-state index contributed by atoms with van der Waals surface area (Å²) in [6.07, 6.45) is 13.5. The Kier molecular flexibility index (Phi) is 27.4. The Morgan fingerprint density at radius 2 is 1.76 bits per heavy atom. The van der Waals surface area contributed by atoms with Gasteiger partial charge in [-0.15, -0.1) is 0 Å². The third-order valence-electron chi connectivity index (χ3n) is 7.82. The van der Waals surface area contributed by atoms with E-state index in [-0.39, 0.29) is 49.8 Å². The van der Waals surface area contributed by atoms with Crippen molar-refractivity contribution in [1.29, 1.82) is 0 Å². The highest BCUT2D eigenvalue weighted by atomic mass is 35.5. The Hall–Kier alpha value is -4.46. The van der Waals surface area contributed by atoms with Crippen LogP contribution >= 0.6 is 11.6 Å². The molecule has 0 saturated heterocycles. The van der Waals surface area contributed by atoms with E-state index in [1.165, 1.54) is 6.08 Å². The normalized spacial score (nSPS) is 13.7. The van der Waals surface area contributed by atoms with Crippen molar-refractivity contribution in [2.24, 2.45) is 17.6 Å². The smallest absolute Gasteiger partial charge is 0.345 e. The molecule has 0 radical (unpaired) electrons. The topological polar surface area (TPSA) is 204 Å². The zero-order valence-corrected chi connectivity index (χ0v) is 34.2. The van der Waals surface area contributed by atoms with E-state index in [1.807, 2.05) is 77.1 Å². The van der Waals surface area contributed by atoms with Crippen molar-refractivity contribution in [3.05, 3.63) is 76.4 Å². The number of allylic oxidation sites excluding steroid dienone is 5. The number of aliphatic hydroxyl groups excluding tert-OH is 1. The number of nitrogens with one attached hydrogen (secondary N) is 2. The summed E-state index contributed by atoms with van der Waals surface area (Å²) in [6.45, 7) is 12.0. The first-order valence-corrected chi connectivity index (χ1v) is 19.0. The van der Waals surface area contributed by atoms with Crippen LogP contribution in [0.5, 0.6) is 5.75 Å². The number of nitrogens with two attached hydrogens (primary N) is 1. The van der Waals surface area contributed by atoms with Crippen LogP contribution in [0.2, 0.25) is 5.02 Å². The molecule has 0 spiro atoms. The van der Waals surface area contributed by atoms with Crippen molar-refractivity contribution < 1.29 is 48.4 Å². The highest BCUT2D eigenvalue weighted by molar-refractivity contribution is 6.32. The summed E-state index contributed by atoms with van der Waals surface area (Å²) >= 11 is 5.80. The molecule has 0 fully saturated rings. The van der Waals surface area contributed by atoms with Crippen molar-refractivity contribution >= 4 is 41.3 Å². The Morgan fingerprint density at radius 1 is 1.05 bits per heavy atom. The lowest BCUT2D eigenvalue weighted by Gasteiger charge is -2.18. The first-order valence-electron chi connectivity index (χ1n) is 18.6. The number of halogens is 1. The molecule has 2 amide bonds. The molecule has 0 bridgehead atoms. The Morgan fingerprint density at radius 3 is 2.35 bits per heavy atom. The third-order valence-corrected chi connectivity index (χ3v) is 8.11. The first kappa shape index (κ1) is 50.5. The zero-order chi connectivity index (χ0) is 41.8. The van der Waals surface area contributed by atoms with Crippen LogP contribution in [0.4, 0.5) is 0 Å². The van der Waals surface area contributed by atoms with Gasteiger partial charge in [0.15, 0.2) is 6.10 Å². The molecule has 14 heteroatoms. The lowest BCUT2D eigenvalue weighted by atomic mass is 9.93. The summed E-state index contributed by atoms with van der Waals surface area (Å²) < 4.78 is 14.8. The molecule has 0 heterocycles. The number of methoxy groups -OCH3 is 1. The molecule has 1 aliphatic rings. The first-order chi connectivity index (χ1) is 26.1. The van der Waals surface area contributed by atoms with Crippen LogP contribution in [0, 0.1) is 18.8 Å². The standard InChI is InChI=1S/C24H37N3O5.C9H16O4.C8H9ClO/c1-3-13-26-23(30)16-27-22(29)10-5-4-7-18(2)21(28)14-19-8-6-9-20(12-11-19)17-32-24(31)15-25;1-4-8(10)13-7(9(11)12)5-6(2)3;1-6-3-4-8(10-2)7(9)5-6/h5-6,8,10-12,18,21,28H,3-4,7,9,13-17,25H2,1-2H3,(H,26,30)(H,27,29);6-7H,4-5H2,1-3H3,(H,11,12);3-5H,1-2H3/b10-5+;;. The van der Waals surface area contributed by atoms with E-state index in [0.717, 1.165) is 35.3 Å². The summed E-state index contributed by atoms with van der Waals surface area (Å²) in [5.41, 5.74) is 8.34. The predicted octanol–water partition coefficient (Wildman–Crippen LogP) is 5.76. The van der Waals surface area contributed by atoms with Gasteiger partial charge in [-0.05, 0) is 92.2 Å². The van der Waals surface area contributed by atoms with E-state index < -0.39 is 30.1 Å². The highest BCUT2D eigenvalue weighted by Gasteiger charge is 2.22. The van der Waals surface area contributed by atoms with Gasteiger partial charge in [0, 0.05) is 13.0 Å². The minimum absolute atomic E-state index is 0.0352. The minimum Gasteiger partial charge on any atom is -0.495 e. The van der Waals surface area contributed by atoms with Crippen molar-refractivity contribution in [3.8, 4) is 5.75 Å². The Bertz CT molecular complexity index is 1470. The number of aryl methyl sites for hydroxylation is 1. The number of carbonyl (C=O) groups is 5. The Balaban J connectivity index is 0.00000103. The minimum atomic E-state index is -1.07. The van der Waals surface area contributed by atoms with E-state index in [2.05, 4.69) is 10.6 Å². The van der Waals surface area contributed by atoms with Crippen molar-refractivity contribution in [2.75, 3.05) is 33.4 Å². The number of amides is 2. The van der Waals surface area contributed by atoms with Gasteiger partial charge in [0.05, 0.1) is 31.3 Å². The van der Waals surface area contributed by atoms with Crippen LogP contribution in [0.25, 0.3) is 0 Å². The zero-order valence-electron chi connectivity index (χ0n) is 33.4. The quantitative estimate of drug-likeness (QED) is 0.0793. The predicted molar refractivity (Wildman–Crippen MR) is 214 cm³/mol. The number of carbonyl (C=O) groups excluding carboxylic acids is 4. The number of hydrogen-bond acceptors (Lipinski definition) is 10. The maximum Gasteiger partial charge on any atom is 0.345 e. The largest absolute Gasteiger partial charge is 0.495 e. The highest BCUT2D eigenvalue weighted by Crippen LogP contribution is 2.24. The number of aliphatic hydroxyl groups is 1. The molecule has 3 atom stereocenters. The van der Waals surface area contributed by atoms with E-state index in [1.54, 1.807) is 20.1 Å². The number of benzene rings is 1. The number of esters is 2. The van der Waals surface area contributed by atoms with Gasteiger partial charge in [-0.25, -0.2) is 4.79 Å². The fourth-order valence-electron chi connectivity index (χ4n) is 4.56. The molecule has 0 aliphatic heterocycles. The monoisotopic (exact) mass is 791 g/mol. The van der Waals surface area contributed by atoms with Gasteiger partial charge >= 0.3 is 17.9 Å². The van der Waals surface area contributed by atoms with Gasteiger partial charge in [0.1, 0.15) is 12.4 Å². The molecule has 2 rings (SSSR count). The van der Waals surface area contributed by atoms with Gasteiger partial charge in [-0.2, -0.15) is 0 Å². The molecule has 308 valence electrons. The van der Waals surface area contributed by atoms with Crippen LogP contribution in [-0.2, 0) is 33.4 Å². The lowest BCUT2D eigenvalue weighted by molar-refractivity contribution is -0.164. The summed E-state index contributed by atoms with van der Waals surface area (Å²) in [5.74, 6) is -1.50. The van der Waals surface area contributed by atoms with E-state index in [9.17, 15) is 29.1 Å². The molecule has 3 unspecified atom stereocenters. The van der Waals surface area contributed by atoms with Crippen LogP contribution in [-0.4, -0.2) is 85.5 Å². The fourth-order valence-corrected chi connectivity index (χ4v) is 4.88. The molecular weight excluding hydrogens is 730 g/mol. The van der Waals surface area contributed by atoms with Crippen molar-refractivity contribution in [1.82, 2.24) is 10.6 Å². The van der Waals surface area contributed by atoms with Gasteiger partial charge in [-0.3, -0.25) is 19.2 Å². The second-order valence-electron chi connectivity index (χ2n) is 13.3. The molecule has 0 saturated carbocycles. The van der Waals surface area contributed by atoms with Crippen molar-refractivity contribution in [3.63, 3.8) is 0 Å². The molecular formula is C41H62ClN3O10. The van der Waals surface area contributed by atoms with E-state index >= 15 is 0 Å². The maximum atomic E-state index is 11.7. The van der Waals surface area contributed by atoms with Gasteiger partial charge in [-0.1, -0.05) is 82.7 Å². The van der Waals surface area contributed by atoms with E-state index in [4.69, 9.17) is 36.7 Å². The molecule has 0 aromatic heterocycles. The lowest BCUT2D eigenvalue weighted by Crippen LogP contribution is -2.36. The summed E-state index contributed by atoms with van der Waals surface area (Å²) in [7, 11) is 1.61. The van der Waals surface area contributed by atoms with Crippen LogP contribution in [0.3, 0.4) is 0 Å². The second-order valence-corrected chi connectivity index (χ2v) is 13.7.